The van der Waals surface area contributed by atoms with Crippen molar-refractivity contribution >= 4 is 34.8 Å². The summed E-state index contributed by atoms with van der Waals surface area (Å²) in [5.74, 6) is -1.20. The largest absolute Gasteiger partial charge is 0.462 e. The molecular formula is C21H20N4O4. The zero-order valence-corrected chi connectivity index (χ0v) is 16.0. The van der Waals surface area contributed by atoms with E-state index in [2.05, 4.69) is 16.0 Å². The Kier molecular flexibility index (Phi) is 7.51. The number of esters is 1. The molecule has 0 spiro atoms. The molecule has 0 aliphatic heterocycles. The van der Waals surface area contributed by atoms with Crippen molar-refractivity contribution in [2.75, 3.05) is 22.6 Å². The number of nitrogens with one attached hydrogen (secondary N) is 3. The highest BCUT2D eigenvalue weighted by atomic mass is 16.5. The van der Waals surface area contributed by atoms with E-state index in [0.29, 0.717) is 22.6 Å². The number of ether oxygens (including phenoxy) is 1. The third kappa shape index (κ3) is 6.52. The van der Waals surface area contributed by atoms with E-state index in [9.17, 15) is 19.6 Å². The Labute approximate surface area is 168 Å². The van der Waals surface area contributed by atoms with Crippen molar-refractivity contribution in [3.8, 4) is 6.07 Å². The van der Waals surface area contributed by atoms with Gasteiger partial charge in [-0.05, 0) is 55.5 Å². The van der Waals surface area contributed by atoms with Gasteiger partial charge in [0.05, 0.1) is 12.2 Å². The molecule has 0 saturated carbocycles. The fraction of sp³-hybridized carbons (Fsp3) is 0.143. The van der Waals surface area contributed by atoms with Crippen LogP contribution in [0.4, 0.5) is 17.1 Å². The first-order chi connectivity index (χ1) is 13.9. The van der Waals surface area contributed by atoms with Crippen LogP contribution in [-0.4, -0.2) is 24.4 Å². The van der Waals surface area contributed by atoms with Gasteiger partial charge in [-0.1, -0.05) is 0 Å². The molecule has 0 atom stereocenters. The molecule has 2 aromatic rings. The van der Waals surface area contributed by atoms with E-state index in [1.165, 1.54) is 13.1 Å². The Balaban J connectivity index is 2.00. The number of carbonyl (C=O) groups is 3. The zero-order chi connectivity index (χ0) is 21.2. The van der Waals surface area contributed by atoms with Gasteiger partial charge in [0.2, 0.25) is 5.91 Å². The topological polar surface area (TPSA) is 120 Å². The van der Waals surface area contributed by atoms with E-state index >= 15 is 0 Å². The summed E-state index contributed by atoms with van der Waals surface area (Å²) < 4.78 is 4.91. The predicted molar refractivity (Wildman–Crippen MR) is 109 cm³/mol. The predicted octanol–water partition coefficient (Wildman–Crippen LogP) is 3.28. The highest BCUT2D eigenvalue weighted by molar-refractivity contribution is 6.06. The fourth-order valence-corrected chi connectivity index (χ4v) is 2.26. The van der Waals surface area contributed by atoms with E-state index in [1.54, 1.807) is 55.5 Å². The van der Waals surface area contributed by atoms with E-state index in [0.717, 1.165) is 0 Å². The van der Waals surface area contributed by atoms with Gasteiger partial charge in [0.15, 0.2) is 0 Å². The maximum atomic E-state index is 12.3. The monoisotopic (exact) mass is 392 g/mol. The minimum Gasteiger partial charge on any atom is -0.462 e. The van der Waals surface area contributed by atoms with E-state index in [-0.39, 0.29) is 18.1 Å². The van der Waals surface area contributed by atoms with E-state index < -0.39 is 11.9 Å². The van der Waals surface area contributed by atoms with Crippen molar-refractivity contribution in [2.24, 2.45) is 0 Å². The van der Waals surface area contributed by atoms with Crippen LogP contribution in [0.25, 0.3) is 0 Å². The van der Waals surface area contributed by atoms with Crippen LogP contribution in [0.15, 0.2) is 60.3 Å². The minimum atomic E-state index is -0.588. The normalized spacial score (nSPS) is 10.4. The standard InChI is InChI=1S/C21H20N4O4/c1-3-29-21(28)15-4-6-17(7-5-15)23-13-16(12-22)20(27)25-19-10-8-18(9-11-19)24-14(2)26/h4-11,13,23H,3H2,1-2H3,(H,24,26)(H,25,27)/b16-13-. The second-order valence-corrected chi connectivity index (χ2v) is 5.82. The third-order valence-corrected chi connectivity index (χ3v) is 3.61. The average molecular weight is 392 g/mol. The van der Waals surface area contributed by atoms with Gasteiger partial charge in [-0.25, -0.2) is 4.79 Å². The van der Waals surface area contributed by atoms with Gasteiger partial charge in [-0.3, -0.25) is 9.59 Å². The number of nitriles is 1. The molecule has 0 bridgehead atoms. The summed E-state index contributed by atoms with van der Waals surface area (Å²) in [6.45, 7) is 3.42. The van der Waals surface area contributed by atoms with Crippen molar-refractivity contribution in [1.29, 1.82) is 5.26 Å². The second-order valence-electron chi connectivity index (χ2n) is 5.82. The molecule has 0 aromatic heterocycles. The van der Waals surface area contributed by atoms with Gasteiger partial charge >= 0.3 is 5.97 Å². The Morgan fingerprint density at radius 1 is 0.966 bits per heavy atom. The minimum absolute atomic E-state index is 0.134. The molecule has 0 aliphatic rings. The SMILES string of the molecule is CCOC(=O)c1ccc(N/C=C(/C#N)C(=O)Nc2ccc(NC(C)=O)cc2)cc1. The molecule has 29 heavy (non-hydrogen) atoms. The molecule has 2 amide bonds. The van der Waals surface area contributed by atoms with E-state index in [1.807, 2.05) is 6.07 Å². The summed E-state index contributed by atoms with van der Waals surface area (Å²) in [6, 6.07) is 14.8. The Morgan fingerprint density at radius 2 is 1.52 bits per heavy atom. The van der Waals surface area contributed by atoms with Crippen molar-refractivity contribution in [1.82, 2.24) is 0 Å². The Bertz CT molecular complexity index is 958. The molecule has 8 heteroatoms. The van der Waals surface area contributed by atoms with Gasteiger partial charge in [-0.2, -0.15) is 5.26 Å². The first-order valence-electron chi connectivity index (χ1n) is 8.76. The molecule has 0 aliphatic carbocycles. The molecule has 0 heterocycles. The molecule has 0 unspecified atom stereocenters. The quantitative estimate of drug-likeness (QED) is 0.378. The van der Waals surface area contributed by atoms with E-state index in [4.69, 9.17) is 4.74 Å². The smallest absolute Gasteiger partial charge is 0.338 e. The lowest BCUT2D eigenvalue weighted by Gasteiger charge is -2.07. The van der Waals surface area contributed by atoms with Gasteiger partial charge in [0.1, 0.15) is 11.6 Å². The average Bonchev–Trinajstić information content (AvgIpc) is 2.70. The lowest BCUT2D eigenvalue weighted by Crippen LogP contribution is -2.14. The van der Waals surface area contributed by atoms with Crippen molar-refractivity contribution in [2.45, 2.75) is 13.8 Å². The maximum absolute atomic E-state index is 12.3. The summed E-state index contributed by atoms with van der Waals surface area (Å²) >= 11 is 0. The number of carbonyl (C=O) groups excluding carboxylic acids is 3. The highest BCUT2D eigenvalue weighted by Gasteiger charge is 2.10. The lowest BCUT2D eigenvalue weighted by atomic mass is 10.2. The fourth-order valence-electron chi connectivity index (χ4n) is 2.26. The number of nitrogens with zero attached hydrogens (tertiary/aromatic N) is 1. The molecule has 2 aromatic carbocycles. The van der Waals surface area contributed by atoms with Crippen LogP contribution in [0.3, 0.4) is 0 Å². The van der Waals surface area contributed by atoms with Crippen LogP contribution in [0.1, 0.15) is 24.2 Å². The number of benzene rings is 2. The number of rotatable bonds is 7. The van der Waals surface area contributed by atoms with Crippen LogP contribution >= 0.6 is 0 Å². The third-order valence-electron chi connectivity index (χ3n) is 3.61. The summed E-state index contributed by atoms with van der Waals surface area (Å²) in [5.41, 5.74) is 1.94. The zero-order valence-electron chi connectivity index (χ0n) is 16.0. The van der Waals surface area contributed by atoms with Crippen LogP contribution in [0.2, 0.25) is 0 Å². The molecule has 0 saturated heterocycles. The highest BCUT2D eigenvalue weighted by Crippen LogP contribution is 2.15. The Hall–Kier alpha value is -4.12. The molecular weight excluding hydrogens is 372 g/mol. The number of hydrogen-bond donors (Lipinski definition) is 3. The lowest BCUT2D eigenvalue weighted by molar-refractivity contribution is -0.114. The van der Waals surface area contributed by atoms with Gasteiger partial charge < -0.3 is 20.7 Å². The van der Waals surface area contributed by atoms with Gasteiger partial charge in [0, 0.05) is 30.2 Å². The van der Waals surface area contributed by atoms with Crippen molar-refractivity contribution in [3.05, 3.63) is 65.9 Å². The number of anilines is 3. The Morgan fingerprint density at radius 3 is 2.03 bits per heavy atom. The molecule has 0 fully saturated rings. The van der Waals surface area contributed by atoms with Gasteiger partial charge in [0.25, 0.3) is 5.91 Å². The molecule has 8 nitrogen and oxygen atoms in total. The van der Waals surface area contributed by atoms with Crippen LogP contribution in [0, 0.1) is 11.3 Å². The first-order valence-corrected chi connectivity index (χ1v) is 8.76. The summed E-state index contributed by atoms with van der Waals surface area (Å²) in [6.07, 6.45) is 1.28. The second kappa shape index (κ2) is 10.3. The summed E-state index contributed by atoms with van der Waals surface area (Å²) in [5, 5.41) is 17.3. The molecule has 2 rings (SSSR count). The number of amides is 2. The molecule has 0 radical (unpaired) electrons. The maximum Gasteiger partial charge on any atom is 0.338 e. The summed E-state index contributed by atoms with van der Waals surface area (Å²) in [4.78, 5) is 34.9. The number of hydrogen-bond acceptors (Lipinski definition) is 6. The van der Waals surface area contributed by atoms with Crippen LogP contribution < -0.4 is 16.0 Å². The first kappa shape index (κ1) is 21.2. The summed E-state index contributed by atoms with van der Waals surface area (Å²) in [7, 11) is 0. The van der Waals surface area contributed by atoms with Gasteiger partial charge in [-0.15, -0.1) is 0 Å². The molecule has 148 valence electrons. The van der Waals surface area contributed by atoms with Crippen molar-refractivity contribution < 1.29 is 19.1 Å². The van der Waals surface area contributed by atoms with Crippen molar-refractivity contribution in [3.63, 3.8) is 0 Å². The van der Waals surface area contributed by atoms with Crippen LogP contribution in [-0.2, 0) is 14.3 Å². The van der Waals surface area contributed by atoms with Crippen LogP contribution in [0.5, 0.6) is 0 Å². The molecule has 3 N–H and O–H groups in total.